The van der Waals surface area contributed by atoms with Gasteiger partial charge in [-0.15, -0.1) is 0 Å². The minimum atomic E-state index is -3.43. The van der Waals surface area contributed by atoms with E-state index in [4.69, 9.17) is 0 Å². The third kappa shape index (κ3) is 7.92. The van der Waals surface area contributed by atoms with Crippen molar-refractivity contribution >= 4 is 38.7 Å². The second-order valence-corrected chi connectivity index (χ2v) is 15.2. The summed E-state index contributed by atoms with van der Waals surface area (Å²) in [5, 5.41) is 11.2. The molecule has 3 saturated heterocycles. The number of carbonyl (C=O) groups is 2. The second kappa shape index (κ2) is 14.4. The maximum Gasteiger partial charge on any atom is 0.387 e. The molecule has 1 aromatic carbocycles. The molecule has 3 aromatic rings. The number of halogens is 2. The summed E-state index contributed by atoms with van der Waals surface area (Å²) in [5.41, 5.74) is 2.92. The van der Waals surface area contributed by atoms with Crippen molar-refractivity contribution in [3.8, 4) is 5.75 Å². The van der Waals surface area contributed by atoms with Crippen LogP contribution < -0.4 is 15.4 Å². The largest absolute Gasteiger partial charge is 0.432 e. The molecule has 5 heterocycles. The molecule has 2 unspecified atom stereocenters. The minimum Gasteiger partial charge on any atom is -0.432 e. The van der Waals surface area contributed by atoms with Gasteiger partial charge in [-0.3, -0.25) is 19.6 Å². The van der Waals surface area contributed by atoms with Crippen LogP contribution in [0.1, 0.15) is 68.5 Å². The van der Waals surface area contributed by atoms with E-state index >= 15 is 0 Å². The first-order chi connectivity index (χ1) is 22.9. The van der Waals surface area contributed by atoms with Gasteiger partial charge >= 0.3 is 6.61 Å². The van der Waals surface area contributed by atoms with Gasteiger partial charge in [0, 0.05) is 44.5 Å². The number of ether oxygens (including phenoxy) is 1. The normalized spacial score (nSPS) is 21.5. The quantitative estimate of drug-likeness (QED) is 0.288. The topological polar surface area (TPSA) is 152 Å². The van der Waals surface area contributed by atoms with Crippen LogP contribution in [0.2, 0.25) is 0 Å². The number of likely N-dealkylation sites (tertiary alicyclic amines) is 1. The molecule has 3 aliphatic heterocycles. The summed E-state index contributed by atoms with van der Waals surface area (Å²) in [7, 11) is -1.55. The van der Waals surface area contributed by atoms with Gasteiger partial charge in [0.1, 0.15) is 0 Å². The van der Waals surface area contributed by atoms with Gasteiger partial charge in [0.05, 0.1) is 35.3 Å². The average molecular weight is 689 g/mol. The number of alkyl halides is 2. The lowest BCUT2D eigenvalue weighted by molar-refractivity contribution is -0.134. The van der Waals surface area contributed by atoms with Gasteiger partial charge in [0.15, 0.2) is 5.75 Å². The second-order valence-electron chi connectivity index (χ2n) is 13.2. The standard InChI is InChI=1S/C32H42F2N8O5S/c1-20(19-48(45,46)42-13-9-23(10-14-42)37-32-35-16-24(17-36-32)47-31(33)34)18-41-11-7-21(8-12-41)22-3-4-25-27(15-22)40(2)39-29(25)26-5-6-28(43)38-30(26)44/h3-4,15-17,20-21,23,26,31H,5-14,18-19H2,1-2H3,(H,35,36,37)(H,38,43,44). The monoisotopic (exact) mass is 688 g/mol. The van der Waals surface area contributed by atoms with Crippen LogP contribution in [0, 0.1) is 5.92 Å². The molecule has 48 heavy (non-hydrogen) atoms. The van der Waals surface area contributed by atoms with Crippen molar-refractivity contribution in [2.45, 2.75) is 69.9 Å². The van der Waals surface area contributed by atoms with Crippen molar-refractivity contribution in [2.75, 3.05) is 43.8 Å². The summed E-state index contributed by atoms with van der Waals surface area (Å²) in [6.45, 7) is 2.30. The molecule has 0 spiro atoms. The summed E-state index contributed by atoms with van der Waals surface area (Å²) in [6, 6.07) is 6.32. The number of imide groups is 1. The fraction of sp³-hybridized carbons (Fsp3) is 0.594. The Morgan fingerprint density at radius 3 is 2.42 bits per heavy atom. The SMILES string of the molecule is CC(CN1CCC(c2ccc3c(C4CCC(=O)NC4=O)nn(C)c3c2)CC1)CS(=O)(=O)N1CCC(Nc2ncc(OC(F)F)cn2)CC1. The van der Waals surface area contributed by atoms with Crippen LogP contribution in [-0.2, 0) is 26.7 Å². The number of rotatable bonds is 11. The van der Waals surface area contributed by atoms with Crippen LogP contribution in [0.15, 0.2) is 30.6 Å². The molecule has 0 bridgehead atoms. The Hall–Kier alpha value is -3.76. The smallest absolute Gasteiger partial charge is 0.387 e. The van der Waals surface area contributed by atoms with Gasteiger partial charge in [-0.25, -0.2) is 22.7 Å². The Morgan fingerprint density at radius 2 is 1.75 bits per heavy atom. The van der Waals surface area contributed by atoms with Gasteiger partial charge in [-0.05, 0) is 68.7 Å². The molecule has 0 radical (unpaired) electrons. The van der Waals surface area contributed by atoms with Gasteiger partial charge in [0.25, 0.3) is 0 Å². The summed E-state index contributed by atoms with van der Waals surface area (Å²) in [5.74, 6) is -0.355. The van der Waals surface area contributed by atoms with Crippen LogP contribution in [-0.4, -0.2) is 100 Å². The van der Waals surface area contributed by atoms with Crippen molar-refractivity contribution in [2.24, 2.45) is 13.0 Å². The molecule has 260 valence electrons. The highest BCUT2D eigenvalue weighted by Gasteiger charge is 2.33. The summed E-state index contributed by atoms with van der Waals surface area (Å²) in [4.78, 5) is 34.5. The van der Waals surface area contributed by atoms with Crippen LogP contribution in [0.3, 0.4) is 0 Å². The van der Waals surface area contributed by atoms with Gasteiger partial charge in [-0.2, -0.15) is 13.9 Å². The molecule has 6 rings (SSSR count). The number of anilines is 1. The number of aromatic nitrogens is 4. The molecule has 3 aliphatic rings. The number of benzene rings is 1. The Morgan fingerprint density at radius 1 is 1.04 bits per heavy atom. The minimum absolute atomic E-state index is 0.0250. The highest BCUT2D eigenvalue weighted by Crippen LogP contribution is 2.34. The molecule has 13 nitrogen and oxygen atoms in total. The molecule has 16 heteroatoms. The third-order valence-corrected chi connectivity index (χ3v) is 11.8. The molecule has 3 fully saturated rings. The highest BCUT2D eigenvalue weighted by molar-refractivity contribution is 7.89. The first-order valence-electron chi connectivity index (χ1n) is 16.5. The Labute approximate surface area is 278 Å². The zero-order valence-electron chi connectivity index (χ0n) is 27.1. The van der Waals surface area contributed by atoms with E-state index in [1.54, 1.807) is 4.31 Å². The zero-order chi connectivity index (χ0) is 34.0. The number of sulfonamides is 1. The fourth-order valence-corrected chi connectivity index (χ4v) is 8.99. The third-order valence-electron chi connectivity index (χ3n) is 9.63. The lowest BCUT2D eigenvalue weighted by Crippen LogP contribution is -2.45. The van der Waals surface area contributed by atoms with E-state index in [0.29, 0.717) is 56.9 Å². The number of hydrogen-bond acceptors (Lipinski definition) is 10. The van der Waals surface area contributed by atoms with Crippen molar-refractivity contribution in [1.82, 2.24) is 34.3 Å². The van der Waals surface area contributed by atoms with E-state index in [2.05, 4.69) is 47.5 Å². The molecule has 2 amide bonds. The molecule has 0 saturated carbocycles. The van der Waals surface area contributed by atoms with E-state index in [0.717, 1.165) is 36.8 Å². The van der Waals surface area contributed by atoms with Crippen molar-refractivity contribution in [3.05, 3.63) is 41.9 Å². The van der Waals surface area contributed by atoms with Crippen molar-refractivity contribution in [1.29, 1.82) is 0 Å². The zero-order valence-corrected chi connectivity index (χ0v) is 28.0. The number of aryl methyl sites for hydroxylation is 1. The average Bonchev–Trinajstić information content (AvgIpc) is 3.37. The molecule has 2 aromatic heterocycles. The van der Waals surface area contributed by atoms with E-state index in [9.17, 15) is 26.8 Å². The van der Waals surface area contributed by atoms with Gasteiger partial charge < -0.3 is 15.0 Å². The first kappa shape index (κ1) is 34.1. The van der Waals surface area contributed by atoms with E-state index in [-0.39, 0.29) is 41.2 Å². The van der Waals surface area contributed by atoms with Crippen LogP contribution in [0.4, 0.5) is 14.7 Å². The summed E-state index contributed by atoms with van der Waals surface area (Å²) >= 11 is 0. The molecular weight excluding hydrogens is 646 g/mol. The number of nitrogens with one attached hydrogen (secondary N) is 2. The van der Waals surface area contributed by atoms with Crippen LogP contribution in [0.25, 0.3) is 10.9 Å². The number of piperidine rings is 3. The summed E-state index contributed by atoms with van der Waals surface area (Å²) < 4.78 is 58.9. The Kier molecular flexibility index (Phi) is 10.2. The number of nitrogens with zero attached hydrogens (tertiary/aromatic N) is 6. The molecule has 2 atom stereocenters. The molecule has 2 N–H and O–H groups in total. The van der Waals surface area contributed by atoms with E-state index in [1.165, 1.54) is 18.0 Å². The number of carbonyl (C=O) groups excluding carboxylic acids is 2. The van der Waals surface area contributed by atoms with E-state index in [1.807, 2.05) is 24.7 Å². The Bertz CT molecular complexity index is 1720. The van der Waals surface area contributed by atoms with Crippen LogP contribution >= 0.6 is 0 Å². The van der Waals surface area contributed by atoms with Crippen LogP contribution in [0.5, 0.6) is 5.75 Å². The van der Waals surface area contributed by atoms with Gasteiger partial charge in [0.2, 0.25) is 27.8 Å². The first-order valence-corrected chi connectivity index (χ1v) is 18.1. The fourth-order valence-electron chi connectivity index (χ4n) is 7.19. The van der Waals surface area contributed by atoms with Crippen molar-refractivity contribution < 1.29 is 31.5 Å². The highest BCUT2D eigenvalue weighted by atomic mass is 32.2. The Balaban J connectivity index is 0.959. The lowest BCUT2D eigenvalue weighted by atomic mass is 9.87. The lowest BCUT2D eigenvalue weighted by Gasteiger charge is -2.35. The number of amides is 2. The predicted molar refractivity (Wildman–Crippen MR) is 174 cm³/mol. The number of fused-ring (bicyclic) bond motifs is 1. The van der Waals surface area contributed by atoms with Crippen molar-refractivity contribution in [3.63, 3.8) is 0 Å². The molecule has 0 aliphatic carbocycles. The van der Waals surface area contributed by atoms with E-state index < -0.39 is 22.6 Å². The predicted octanol–water partition coefficient (Wildman–Crippen LogP) is 3.21. The molecular formula is C32H42F2N8O5S. The number of hydrogen-bond donors (Lipinski definition) is 2. The summed E-state index contributed by atoms with van der Waals surface area (Å²) in [6.07, 6.45) is 6.23. The maximum absolute atomic E-state index is 13.3. The maximum atomic E-state index is 13.3. The van der Waals surface area contributed by atoms with Gasteiger partial charge in [-0.1, -0.05) is 19.1 Å².